The molecule has 0 unspecified atom stereocenters. The fraction of sp³-hybridized carbons (Fsp3) is 0.500. The largest absolute Gasteiger partial charge is 0.295 e. The Morgan fingerprint density at radius 2 is 2.14 bits per heavy atom. The highest BCUT2D eigenvalue weighted by atomic mass is 19.3. The van der Waals surface area contributed by atoms with Crippen molar-refractivity contribution >= 4 is 5.78 Å². The van der Waals surface area contributed by atoms with Crippen LogP contribution < -0.4 is 0 Å². The minimum atomic E-state index is -2.84. The molecule has 0 saturated heterocycles. The van der Waals surface area contributed by atoms with Crippen LogP contribution in [-0.2, 0) is 4.79 Å². The third-order valence-corrected chi connectivity index (χ3v) is 0.490. The second kappa shape index (κ2) is 2.66. The standard InChI is InChI=1S/C4H5F2O/c1-2-3(7)4(5)6/h4H,1-2H2. The fourth-order valence-corrected chi connectivity index (χ4v) is 0.109. The summed E-state index contributed by atoms with van der Waals surface area (Å²) in [7, 11) is 0. The highest BCUT2D eigenvalue weighted by molar-refractivity contribution is 5.81. The molecule has 0 heterocycles. The zero-order chi connectivity index (χ0) is 5.86. The Balaban J connectivity index is 3.35. The number of Topliss-reactive ketones (excluding diaryl/α,β-unsaturated/α-hetero) is 1. The van der Waals surface area contributed by atoms with Crippen molar-refractivity contribution in [1.82, 2.24) is 0 Å². The summed E-state index contributed by atoms with van der Waals surface area (Å²) < 4.78 is 22.1. The normalized spacial score (nSPS) is 9.71. The van der Waals surface area contributed by atoms with Gasteiger partial charge in [0.15, 0.2) is 5.78 Å². The van der Waals surface area contributed by atoms with Crippen molar-refractivity contribution in [2.75, 3.05) is 0 Å². The summed E-state index contributed by atoms with van der Waals surface area (Å²) >= 11 is 0. The van der Waals surface area contributed by atoms with Gasteiger partial charge in [0.2, 0.25) is 0 Å². The predicted octanol–water partition coefficient (Wildman–Crippen LogP) is 1.04. The van der Waals surface area contributed by atoms with Gasteiger partial charge in [0.1, 0.15) is 0 Å². The monoisotopic (exact) mass is 107 g/mol. The van der Waals surface area contributed by atoms with Gasteiger partial charge in [-0.05, 0) is 6.92 Å². The van der Waals surface area contributed by atoms with E-state index in [2.05, 4.69) is 6.92 Å². The third-order valence-electron chi connectivity index (χ3n) is 0.490. The highest BCUT2D eigenvalue weighted by Gasteiger charge is 2.10. The van der Waals surface area contributed by atoms with Crippen LogP contribution in [0.2, 0.25) is 0 Å². The molecule has 0 aliphatic carbocycles. The summed E-state index contributed by atoms with van der Waals surface area (Å²) in [5.74, 6) is -1.10. The molecule has 3 heteroatoms. The van der Waals surface area contributed by atoms with Crippen LogP contribution >= 0.6 is 0 Å². The quantitative estimate of drug-likeness (QED) is 0.515. The first-order valence-corrected chi connectivity index (χ1v) is 1.78. The van der Waals surface area contributed by atoms with Gasteiger partial charge >= 0.3 is 0 Å². The van der Waals surface area contributed by atoms with Crippen LogP contribution in [0.1, 0.15) is 6.42 Å². The molecule has 41 valence electrons. The van der Waals surface area contributed by atoms with Crippen LogP contribution in [0.3, 0.4) is 0 Å². The van der Waals surface area contributed by atoms with E-state index in [1.807, 2.05) is 0 Å². The maximum atomic E-state index is 11.0. The average molecular weight is 107 g/mol. The second-order valence-corrected chi connectivity index (χ2v) is 1.02. The van der Waals surface area contributed by atoms with E-state index in [1.165, 1.54) is 0 Å². The number of carbonyl (C=O) groups excluding carboxylic acids is 1. The van der Waals surface area contributed by atoms with E-state index in [4.69, 9.17) is 0 Å². The van der Waals surface area contributed by atoms with Crippen LogP contribution in [-0.4, -0.2) is 12.2 Å². The van der Waals surface area contributed by atoms with Crippen molar-refractivity contribution in [2.45, 2.75) is 12.8 Å². The van der Waals surface area contributed by atoms with Crippen LogP contribution in [0.5, 0.6) is 0 Å². The maximum Gasteiger partial charge on any atom is 0.295 e. The molecule has 0 spiro atoms. The van der Waals surface area contributed by atoms with Crippen LogP contribution in [0.25, 0.3) is 0 Å². The van der Waals surface area contributed by atoms with E-state index in [0.717, 1.165) is 0 Å². The second-order valence-electron chi connectivity index (χ2n) is 1.02. The van der Waals surface area contributed by atoms with E-state index in [1.54, 1.807) is 0 Å². The predicted molar refractivity (Wildman–Crippen MR) is 21.0 cm³/mol. The minimum absolute atomic E-state index is 0.322. The number of carbonyl (C=O) groups is 1. The number of rotatable bonds is 2. The van der Waals surface area contributed by atoms with E-state index >= 15 is 0 Å². The Morgan fingerprint density at radius 1 is 1.71 bits per heavy atom. The molecule has 0 aliphatic heterocycles. The molecule has 0 N–H and O–H groups in total. The molecule has 0 rings (SSSR count). The maximum absolute atomic E-state index is 11.0. The third kappa shape index (κ3) is 2.25. The van der Waals surface area contributed by atoms with Crippen molar-refractivity contribution < 1.29 is 13.6 Å². The highest BCUT2D eigenvalue weighted by Crippen LogP contribution is 1.95. The molecule has 0 atom stereocenters. The molecular weight excluding hydrogens is 102 g/mol. The smallest absolute Gasteiger partial charge is 0.293 e. The molecule has 0 aromatic heterocycles. The fourth-order valence-electron chi connectivity index (χ4n) is 0.109. The summed E-state index contributed by atoms with van der Waals surface area (Å²) in [6.07, 6.45) is -3.16. The molecule has 1 nitrogen and oxygen atoms in total. The first kappa shape index (κ1) is 6.53. The molecule has 0 aromatic carbocycles. The minimum Gasteiger partial charge on any atom is -0.293 e. The number of alkyl halides is 2. The lowest BCUT2D eigenvalue weighted by Crippen LogP contribution is -2.06. The van der Waals surface area contributed by atoms with Gasteiger partial charge < -0.3 is 0 Å². The van der Waals surface area contributed by atoms with Crippen LogP contribution in [0.4, 0.5) is 8.78 Å². The number of ketones is 1. The Bertz CT molecular complexity index is 70.1. The van der Waals surface area contributed by atoms with Gasteiger partial charge in [-0.15, -0.1) is 0 Å². The molecule has 1 radical (unpaired) electrons. The first-order chi connectivity index (χ1) is 3.18. The molecule has 0 saturated carbocycles. The number of hydrogen-bond donors (Lipinski definition) is 0. The molecule has 0 aromatic rings. The van der Waals surface area contributed by atoms with Crippen LogP contribution in [0, 0.1) is 6.92 Å². The zero-order valence-electron chi connectivity index (χ0n) is 3.66. The lowest BCUT2D eigenvalue weighted by atomic mass is 10.3. The molecule has 7 heavy (non-hydrogen) atoms. The topological polar surface area (TPSA) is 17.1 Å². The summed E-state index contributed by atoms with van der Waals surface area (Å²) in [6, 6.07) is 0. The van der Waals surface area contributed by atoms with Gasteiger partial charge in [0.05, 0.1) is 0 Å². The van der Waals surface area contributed by atoms with Gasteiger partial charge in [-0.3, -0.25) is 4.79 Å². The molecule has 0 amide bonds. The van der Waals surface area contributed by atoms with Crippen LogP contribution in [0.15, 0.2) is 0 Å². The molecule has 0 bridgehead atoms. The first-order valence-electron chi connectivity index (χ1n) is 1.78. The number of hydrogen-bond acceptors (Lipinski definition) is 1. The Morgan fingerprint density at radius 3 is 2.14 bits per heavy atom. The van der Waals surface area contributed by atoms with Crippen molar-refractivity contribution in [3.63, 3.8) is 0 Å². The summed E-state index contributed by atoms with van der Waals surface area (Å²) in [6.45, 7) is 2.98. The van der Waals surface area contributed by atoms with Gasteiger partial charge in [0, 0.05) is 6.42 Å². The summed E-state index contributed by atoms with van der Waals surface area (Å²) in [5, 5.41) is 0. The van der Waals surface area contributed by atoms with Gasteiger partial charge in [-0.25, -0.2) is 8.78 Å². The van der Waals surface area contributed by atoms with Gasteiger partial charge in [0.25, 0.3) is 6.43 Å². The molecule has 0 fully saturated rings. The van der Waals surface area contributed by atoms with Crippen molar-refractivity contribution in [3.05, 3.63) is 6.92 Å². The lowest BCUT2D eigenvalue weighted by Gasteiger charge is -1.88. The lowest BCUT2D eigenvalue weighted by molar-refractivity contribution is -0.128. The van der Waals surface area contributed by atoms with E-state index in [9.17, 15) is 13.6 Å². The molecule has 0 aliphatic rings. The molecular formula is C4H5F2O. The van der Waals surface area contributed by atoms with E-state index in [0.29, 0.717) is 0 Å². The Kier molecular flexibility index (Phi) is 2.48. The van der Waals surface area contributed by atoms with Gasteiger partial charge in [-0.2, -0.15) is 0 Å². The number of halogens is 2. The van der Waals surface area contributed by atoms with E-state index in [-0.39, 0.29) is 6.42 Å². The van der Waals surface area contributed by atoms with Crippen molar-refractivity contribution in [3.8, 4) is 0 Å². The average Bonchev–Trinajstić information content (AvgIpc) is 1.65. The van der Waals surface area contributed by atoms with Crippen molar-refractivity contribution in [1.29, 1.82) is 0 Å². The Labute approximate surface area is 40.3 Å². The van der Waals surface area contributed by atoms with E-state index < -0.39 is 12.2 Å². The Hall–Kier alpha value is -0.470. The SMILES string of the molecule is [CH2]CC(=O)C(F)F. The van der Waals surface area contributed by atoms with Gasteiger partial charge in [-0.1, -0.05) is 0 Å². The summed E-state index contributed by atoms with van der Waals surface area (Å²) in [4.78, 5) is 9.70. The van der Waals surface area contributed by atoms with Crippen molar-refractivity contribution in [2.24, 2.45) is 0 Å². The summed E-state index contributed by atoms with van der Waals surface area (Å²) in [5.41, 5.74) is 0. The zero-order valence-corrected chi connectivity index (χ0v) is 3.66.